The van der Waals surface area contributed by atoms with Crippen LogP contribution >= 0.6 is 11.8 Å². The molecule has 152 valence electrons. The second-order valence-electron chi connectivity index (χ2n) is 7.65. The van der Waals surface area contributed by atoms with Gasteiger partial charge in [0, 0.05) is 35.2 Å². The van der Waals surface area contributed by atoms with Crippen molar-refractivity contribution >= 4 is 45.5 Å². The molecule has 1 aromatic heterocycles. The molecule has 0 saturated carbocycles. The van der Waals surface area contributed by atoms with Gasteiger partial charge in [-0.05, 0) is 56.8 Å². The summed E-state index contributed by atoms with van der Waals surface area (Å²) in [5, 5.41) is 1.85. The Morgan fingerprint density at radius 2 is 1.87 bits per heavy atom. The van der Waals surface area contributed by atoms with Crippen LogP contribution in [0.1, 0.15) is 25.0 Å². The summed E-state index contributed by atoms with van der Waals surface area (Å²) in [7, 11) is 0. The fourth-order valence-electron chi connectivity index (χ4n) is 3.57. The van der Waals surface area contributed by atoms with Crippen LogP contribution in [0.15, 0.2) is 77.3 Å². The molecule has 3 aromatic rings. The maximum absolute atomic E-state index is 13.2. The lowest BCUT2D eigenvalue weighted by molar-refractivity contribution is -0.123. The Bertz CT molecular complexity index is 1170. The minimum absolute atomic E-state index is 0.00131. The van der Waals surface area contributed by atoms with E-state index in [0.29, 0.717) is 4.91 Å². The van der Waals surface area contributed by atoms with E-state index in [1.54, 1.807) is 4.90 Å². The molecule has 1 saturated heterocycles. The second-order valence-corrected chi connectivity index (χ2v) is 8.66. The maximum atomic E-state index is 13.2. The largest absolute Gasteiger partial charge is 0.343 e. The Morgan fingerprint density at radius 3 is 2.57 bits per heavy atom. The van der Waals surface area contributed by atoms with Crippen molar-refractivity contribution in [1.82, 2.24) is 9.47 Å². The number of aliphatic imine (C=N–C) groups is 1. The summed E-state index contributed by atoms with van der Waals surface area (Å²) in [6.07, 6.45) is 5.95. The van der Waals surface area contributed by atoms with Crippen molar-refractivity contribution in [2.45, 2.75) is 33.4 Å². The number of amidine groups is 1. The van der Waals surface area contributed by atoms with E-state index in [2.05, 4.69) is 36.4 Å². The standard InChI is InChI=1S/C25H25N3OS/c1-5-14-27-16-19(21-8-6-7-9-22(21)27)15-23-24(29)28(17(2)3)25(30-23)26-20-12-10-18(4)11-13-20/h5-13,15-17H,1,14H2,2-4H3/b23-15+,26-25?. The van der Waals surface area contributed by atoms with E-state index < -0.39 is 0 Å². The first kappa shape index (κ1) is 20.2. The summed E-state index contributed by atoms with van der Waals surface area (Å²) < 4.78 is 2.15. The third-order valence-electron chi connectivity index (χ3n) is 5.04. The number of benzene rings is 2. The number of carbonyl (C=O) groups is 1. The Hall–Kier alpha value is -3.05. The summed E-state index contributed by atoms with van der Waals surface area (Å²) in [6, 6.07) is 16.3. The Balaban J connectivity index is 1.76. The molecule has 0 bridgehead atoms. The molecule has 4 rings (SSSR count). The lowest BCUT2D eigenvalue weighted by Gasteiger charge is -2.19. The number of aryl methyl sites for hydroxylation is 1. The average molecular weight is 416 g/mol. The molecule has 1 amide bonds. The molecule has 2 aromatic carbocycles. The topological polar surface area (TPSA) is 37.6 Å². The van der Waals surface area contributed by atoms with Crippen molar-refractivity contribution in [3.05, 3.63) is 83.4 Å². The van der Waals surface area contributed by atoms with Gasteiger partial charge in [0.1, 0.15) is 0 Å². The summed E-state index contributed by atoms with van der Waals surface area (Å²) in [4.78, 5) is 20.4. The molecule has 1 aliphatic rings. The first-order valence-electron chi connectivity index (χ1n) is 10.0. The van der Waals surface area contributed by atoms with Gasteiger partial charge in [-0.2, -0.15) is 0 Å². The van der Waals surface area contributed by atoms with Crippen molar-refractivity contribution in [3.8, 4) is 0 Å². The average Bonchev–Trinajstić information content (AvgIpc) is 3.22. The fourth-order valence-corrected chi connectivity index (χ4v) is 4.68. The zero-order chi connectivity index (χ0) is 21.3. The van der Waals surface area contributed by atoms with Crippen molar-refractivity contribution in [1.29, 1.82) is 0 Å². The van der Waals surface area contributed by atoms with Gasteiger partial charge in [0.15, 0.2) is 5.17 Å². The van der Waals surface area contributed by atoms with E-state index in [1.807, 2.05) is 62.4 Å². The van der Waals surface area contributed by atoms with Gasteiger partial charge in [0.05, 0.1) is 10.6 Å². The van der Waals surface area contributed by atoms with Crippen molar-refractivity contribution < 1.29 is 4.79 Å². The van der Waals surface area contributed by atoms with Crippen molar-refractivity contribution in [2.75, 3.05) is 0 Å². The van der Waals surface area contributed by atoms with Crippen LogP contribution in [-0.2, 0) is 11.3 Å². The SMILES string of the molecule is C=CCn1cc(/C=C2/SC(=Nc3ccc(C)cc3)N(C(C)C)C2=O)c2ccccc21. The highest BCUT2D eigenvalue weighted by Gasteiger charge is 2.35. The van der Waals surface area contributed by atoms with Gasteiger partial charge >= 0.3 is 0 Å². The molecule has 30 heavy (non-hydrogen) atoms. The molecular formula is C25H25N3OS. The first-order valence-corrected chi connectivity index (χ1v) is 10.9. The van der Waals surface area contributed by atoms with Gasteiger partial charge in [0.25, 0.3) is 5.91 Å². The number of aromatic nitrogens is 1. The lowest BCUT2D eigenvalue weighted by Crippen LogP contribution is -2.35. The highest BCUT2D eigenvalue weighted by atomic mass is 32.2. The van der Waals surface area contributed by atoms with Crippen LogP contribution in [0, 0.1) is 6.92 Å². The Morgan fingerprint density at radius 1 is 1.13 bits per heavy atom. The third kappa shape index (κ3) is 3.85. The Kier molecular flexibility index (Phi) is 5.64. The number of thioether (sulfide) groups is 1. The molecule has 0 radical (unpaired) electrons. The van der Waals surface area contributed by atoms with Gasteiger partial charge in [0.2, 0.25) is 0 Å². The summed E-state index contributed by atoms with van der Waals surface area (Å²) >= 11 is 1.44. The van der Waals surface area contributed by atoms with Gasteiger partial charge in [-0.3, -0.25) is 9.69 Å². The van der Waals surface area contributed by atoms with E-state index in [1.165, 1.54) is 17.3 Å². The minimum atomic E-state index is 0.00131. The van der Waals surface area contributed by atoms with Crippen LogP contribution in [0.2, 0.25) is 0 Å². The molecule has 0 unspecified atom stereocenters. The zero-order valence-corrected chi connectivity index (χ0v) is 18.3. The summed E-state index contributed by atoms with van der Waals surface area (Å²) in [6.45, 7) is 10.7. The fraction of sp³-hybridized carbons (Fsp3) is 0.200. The molecule has 4 nitrogen and oxygen atoms in total. The number of amides is 1. The number of para-hydroxylation sites is 1. The van der Waals surface area contributed by atoms with E-state index in [9.17, 15) is 4.79 Å². The predicted molar refractivity (Wildman–Crippen MR) is 128 cm³/mol. The third-order valence-corrected chi connectivity index (χ3v) is 6.03. The number of fused-ring (bicyclic) bond motifs is 1. The van der Waals surface area contributed by atoms with Gasteiger partial charge < -0.3 is 4.57 Å². The van der Waals surface area contributed by atoms with Gasteiger partial charge in [-0.1, -0.05) is 42.0 Å². The van der Waals surface area contributed by atoms with Crippen molar-refractivity contribution in [3.63, 3.8) is 0 Å². The second kappa shape index (κ2) is 8.36. The normalized spacial score (nSPS) is 17.1. The number of hydrogen-bond acceptors (Lipinski definition) is 3. The van der Waals surface area contributed by atoms with Gasteiger partial charge in [-0.15, -0.1) is 6.58 Å². The van der Waals surface area contributed by atoms with Crippen LogP contribution in [0.5, 0.6) is 0 Å². The first-order chi connectivity index (χ1) is 14.5. The predicted octanol–water partition coefficient (Wildman–Crippen LogP) is 6.15. The highest BCUT2D eigenvalue weighted by Crippen LogP contribution is 2.36. The summed E-state index contributed by atoms with van der Waals surface area (Å²) in [5.41, 5.74) is 4.20. The van der Waals surface area contributed by atoms with E-state index in [4.69, 9.17) is 4.99 Å². The van der Waals surface area contributed by atoms with Crippen LogP contribution in [0.4, 0.5) is 5.69 Å². The molecule has 0 N–H and O–H groups in total. The van der Waals surface area contributed by atoms with Crippen LogP contribution in [0.3, 0.4) is 0 Å². The monoisotopic (exact) mass is 415 g/mol. The van der Waals surface area contributed by atoms with Crippen LogP contribution < -0.4 is 0 Å². The van der Waals surface area contributed by atoms with Crippen molar-refractivity contribution in [2.24, 2.45) is 4.99 Å². The van der Waals surface area contributed by atoms with E-state index in [-0.39, 0.29) is 11.9 Å². The number of rotatable bonds is 5. The zero-order valence-electron chi connectivity index (χ0n) is 17.5. The van der Waals surface area contributed by atoms with Crippen LogP contribution in [-0.4, -0.2) is 26.6 Å². The minimum Gasteiger partial charge on any atom is -0.343 e. The maximum Gasteiger partial charge on any atom is 0.266 e. The number of hydrogen-bond donors (Lipinski definition) is 0. The Labute approximate surface area is 181 Å². The number of allylic oxidation sites excluding steroid dienone is 1. The van der Waals surface area contributed by atoms with Crippen LogP contribution in [0.25, 0.3) is 17.0 Å². The number of nitrogens with zero attached hydrogens (tertiary/aromatic N) is 3. The molecule has 2 heterocycles. The smallest absolute Gasteiger partial charge is 0.266 e. The number of carbonyl (C=O) groups excluding carboxylic acids is 1. The molecule has 0 atom stereocenters. The molecular weight excluding hydrogens is 390 g/mol. The lowest BCUT2D eigenvalue weighted by atomic mass is 10.1. The highest BCUT2D eigenvalue weighted by molar-refractivity contribution is 8.18. The molecule has 1 fully saturated rings. The molecule has 0 spiro atoms. The van der Waals surface area contributed by atoms with E-state index >= 15 is 0 Å². The molecule has 5 heteroatoms. The molecule has 0 aliphatic carbocycles. The summed E-state index contributed by atoms with van der Waals surface area (Å²) in [5.74, 6) is 0.00131. The van der Waals surface area contributed by atoms with Gasteiger partial charge in [-0.25, -0.2) is 4.99 Å². The quantitative estimate of drug-likeness (QED) is 0.370. The molecule has 1 aliphatic heterocycles. The van der Waals surface area contributed by atoms with E-state index in [0.717, 1.165) is 33.9 Å².